The minimum absolute atomic E-state index is 0. The molecule has 19 aromatic rings. The largest absolute Gasteiger partial charge is 0.496 e. The summed E-state index contributed by atoms with van der Waals surface area (Å²) in [7, 11) is 1.70. The second-order valence-electron chi connectivity index (χ2n) is 34.8. The van der Waals surface area contributed by atoms with Crippen LogP contribution in [-0.4, -0.2) is 191 Å². The van der Waals surface area contributed by atoms with Gasteiger partial charge in [-0.3, -0.25) is 65.2 Å². The lowest BCUT2D eigenvalue weighted by molar-refractivity contribution is -0.137. The first-order chi connectivity index (χ1) is 71.7. The molecule has 2 unspecified atom stereocenters. The number of carbonyl (C=O) groups excluding carboxylic acids is 1. The molecular weight excluding hydrogens is 1940 g/mol. The highest BCUT2D eigenvalue weighted by Gasteiger charge is 2.29. The molecule has 748 valence electrons. The molecule has 40 heteroatoms. The van der Waals surface area contributed by atoms with Gasteiger partial charge >= 0.3 is 5.97 Å². The first-order valence-electron chi connectivity index (χ1n) is 47.3. The van der Waals surface area contributed by atoms with Crippen molar-refractivity contribution < 1.29 is 34.0 Å². The Morgan fingerprint density at radius 1 is 0.601 bits per heavy atom. The van der Waals surface area contributed by atoms with Crippen molar-refractivity contribution in [3.8, 4) is 103 Å². The number of aliphatic carboxylic acids is 1. The van der Waals surface area contributed by atoms with Crippen LogP contribution in [0.2, 0.25) is 0 Å². The van der Waals surface area contributed by atoms with Gasteiger partial charge in [0.1, 0.15) is 52.9 Å². The van der Waals surface area contributed by atoms with Crippen molar-refractivity contribution in [1.82, 2.24) is 147 Å². The van der Waals surface area contributed by atoms with E-state index >= 15 is 0 Å². The number of aromatic nitrogens is 27. The fourth-order valence-corrected chi connectivity index (χ4v) is 18.1. The van der Waals surface area contributed by atoms with Gasteiger partial charge < -0.3 is 30.4 Å². The molecule has 148 heavy (non-hydrogen) atoms. The number of aryl methyl sites for hydroxylation is 7. The molecule has 5 aromatic carbocycles. The number of aromatic amines is 9. The lowest BCUT2D eigenvalue weighted by Crippen LogP contribution is -2.28. The Kier molecular flexibility index (Phi) is 32.6. The Hall–Kier alpha value is -18.5. The van der Waals surface area contributed by atoms with E-state index in [4.69, 9.17) is 39.8 Å². The summed E-state index contributed by atoms with van der Waals surface area (Å²) >= 11 is 3.46. The minimum Gasteiger partial charge on any atom is -0.496 e. The Bertz CT molecular complexity index is 8310. The summed E-state index contributed by atoms with van der Waals surface area (Å²) in [5.74, 6) is 1.60. The molecule has 0 saturated heterocycles. The molecule has 38 nitrogen and oxygen atoms in total. The molecule has 4 aliphatic rings. The fraction of sp³-hybridized carbons (Fsp3) is 0.194. The van der Waals surface area contributed by atoms with Crippen molar-refractivity contribution in [2.24, 2.45) is 16.0 Å². The quantitative estimate of drug-likeness (QED) is 0.0116. The standard InChI is InChI=1S/C23H23N5O.C22H22N8O2.C22H22N8O.C20H14BrN5O.C14H15N5O.C6H8.CHN.FH/c1-6-21-20(12-26-28-21)19-10-24-22(18-11-25-27-15(18)4)9-17(19)16-7-13(2)14(3)23(8-16)29-5;1-13-17(10-23-25-13)21(14-5-3-2-4-6-14)24-15-7-8-18-16(9-15)22(28-26-18)19-11-30(29-27-19)12-20(31)32;1-12-15(10-23-25-12)21-14-5-3-2-4-13(14)19-16(24-21)6-7-17-20(19)22(28-26-17)18-11-30(8-9-31)29-27-18;1-11-14(9-22-25-11)18-8-19(27-13-4-2-12(21)3-5-13)20-15-10-23-26-16(15)6-7-17(20)24-18;1-9-12(8-16-18-9)14(4-5-20)17-11-2-3-13-10(6-11)7-15-19-13;1-3-5-6-4-2;1-2;/h6-12H,1H2,2-5H3,(H,25,27)(H,26,28);5,7-11H,2-4,6,12H2,1H3,(H,23,25)(H,26,28)(H,31,32);6-7,10-11,31H,2-5,8-9H2,1H3,(H,23,25)(H,26,28);2-10H,1H3,(H,22,25)(H,23,26);2-8,10,13,17,19H,1H3,(H,16,18);3-6H,1-2H2;1H;1H/b;;;;;6-5-;;. The number of hydrogen-bond donors (Lipinski definition) is 13. The van der Waals surface area contributed by atoms with Gasteiger partial charge in [0.25, 0.3) is 0 Å². The Balaban J connectivity index is 0.000000130. The number of halogens is 2. The summed E-state index contributed by atoms with van der Waals surface area (Å²) < 4.78 is 15.8. The van der Waals surface area contributed by atoms with Crippen LogP contribution in [0.25, 0.3) is 145 Å². The molecule has 0 amide bonds. The number of nitrogens with zero attached hydrogens (tertiary/aromatic N) is 21. The number of carbonyl (C=O) groups is 2. The molecule has 0 saturated carbocycles. The van der Waals surface area contributed by atoms with Gasteiger partial charge in [0.2, 0.25) is 0 Å². The SMILES string of the molecule is C#N.C=C/C=C\C=C.C=Cc1[nH]ncc1-c1cnc(-c2cn[nH]c2C)cc1-c1cc(C)c(C)c(OC)c1.Cc1[nH]ncc1-c1cc(Oc2ccc(Br)cc2)c2c(ccc3[nH]ncc32)n1.Cc1[nH]ncc1-c1nc2ccc3[nH]nc(-c4cn(CCO)nn4)c3c2c2c1CCCC2.Cc1[nH]ncc1C(=CC=O)NC1=CC2C=NNC2C=C1.Cc1[nH]ncc1C(=Nc1ccc2[nH]nc(-c3cn(CC(=O)O)nn3)c2c1)C1=CCCCC1.F. The van der Waals surface area contributed by atoms with Crippen LogP contribution in [0.15, 0.2) is 253 Å². The van der Waals surface area contributed by atoms with Gasteiger partial charge in [-0.15, -0.1) is 10.2 Å². The molecule has 14 aromatic heterocycles. The van der Waals surface area contributed by atoms with Gasteiger partial charge in [-0.1, -0.05) is 88.6 Å². The van der Waals surface area contributed by atoms with Crippen LogP contribution in [0.1, 0.15) is 106 Å². The number of benzene rings is 5. The highest BCUT2D eigenvalue weighted by Crippen LogP contribution is 2.45. The molecule has 23 rings (SSSR count). The Morgan fingerprint density at radius 2 is 1.23 bits per heavy atom. The number of methoxy groups -OCH3 is 1. The van der Waals surface area contributed by atoms with Gasteiger partial charge in [-0.25, -0.2) is 29.6 Å². The first-order valence-corrected chi connectivity index (χ1v) is 48.1. The topological polar surface area (TPSA) is 524 Å². The van der Waals surface area contributed by atoms with Gasteiger partial charge in [-0.05, 0) is 236 Å². The average Bonchev–Trinajstić information content (AvgIpc) is 1.40. The number of carboxylic acids is 1. The summed E-state index contributed by atoms with van der Waals surface area (Å²) in [6.07, 6.45) is 48.0. The van der Waals surface area contributed by atoms with E-state index in [9.17, 15) is 14.7 Å². The second kappa shape index (κ2) is 47.1. The van der Waals surface area contributed by atoms with E-state index in [1.807, 2.05) is 151 Å². The molecule has 13 N–H and O–H groups in total. The predicted molar refractivity (Wildman–Crippen MR) is 574 cm³/mol. The number of nitriles is 1. The molecule has 0 radical (unpaired) electrons. The number of pyridine rings is 3. The minimum atomic E-state index is -0.982. The third-order valence-corrected chi connectivity index (χ3v) is 25.9. The Morgan fingerprint density at radius 3 is 1.91 bits per heavy atom. The molecule has 15 heterocycles. The lowest BCUT2D eigenvalue weighted by atomic mass is 9.85. The van der Waals surface area contributed by atoms with Crippen LogP contribution in [0.3, 0.4) is 0 Å². The second-order valence-corrected chi connectivity index (χ2v) is 35.7. The van der Waals surface area contributed by atoms with E-state index in [-0.39, 0.29) is 29.8 Å². The zero-order chi connectivity index (χ0) is 103. The maximum absolute atomic E-state index is 10.9. The summed E-state index contributed by atoms with van der Waals surface area (Å²) in [5.41, 5.74) is 37.0. The number of rotatable bonds is 24. The van der Waals surface area contributed by atoms with Crippen LogP contribution in [0.5, 0.6) is 17.2 Å². The van der Waals surface area contributed by atoms with E-state index < -0.39 is 5.97 Å². The van der Waals surface area contributed by atoms with Crippen molar-refractivity contribution in [2.75, 3.05) is 13.7 Å². The summed E-state index contributed by atoms with van der Waals surface area (Å²) in [4.78, 5) is 41.5. The number of carboxylic acid groups (broad SMARTS) is 1. The van der Waals surface area contributed by atoms with Crippen LogP contribution in [0, 0.1) is 66.2 Å². The molecule has 2 atom stereocenters. The number of fused-ring (bicyclic) bond motifs is 10. The van der Waals surface area contributed by atoms with Crippen LogP contribution < -0.4 is 20.2 Å². The number of aliphatic hydroxyl groups excluding tert-OH is 1. The number of aliphatic imine (C=N–C) groups is 1. The fourth-order valence-electron chi connectivity index (χ4n) is 17.9. The third-order valence-electron chi connectivity index (χ3n) is 25.3. The number of H-pyrrole nitrogens is 9. The van der Waals surface area contributed by atoms with Crippen molar-refractivity contribution in [1.29, 1.82) is 5.26 Å². The van der Waals surface area contributed by atoms with Crippen molar-refractivity contribution in [3.05, 3.63) is 311 Å². The number of aliphatic hydroxyl groups is 1. The molecule has 1 aliphatic heterocycles. The van der Waals surface area contributed by atoms with E-state index in [0.29, 0.717) is 23.6 Å². The highest BCUT2D eigenvalue weighted by atomic mass is 79.9. The molecule has 0 bridgehead atoms. The summed E-state index contributed by atoms with van der Waals surface area (Å²) in [6.45, 7) is 28.6. The first kappa shape index (κ1) is 102. The number of hydrogen-bond acceptors (Lipinski definition) is 26. The molecule has 0 fully saturated rings. The van der Waals surface area contributed by atoms with Crippen molar-refractivity contribution in [3.63, 3.8) is 0 Å². The number of nitrogens with one attached hydrogen (secondary N) is 11. The van der Waals surface area contributed by atoms with Crippen LogP contribution in [-0.2, 0) is 35.5 Å². The van der Waals surface area contributed by atoms with Gasteiger partial charge in [-0.2, -0.15) is 51.0 Å². The number of allylic oxidation sites excluding steroid dienone is 8. The molecule has 3 aliphatic carbocycles. The Labute approximate surface area is 855 Å². The van der Waals surface area contributed by atoms with E-state index in [1.165, 1.54) is 39.4 Å². The summed E-state index contributed by atoms with van der Waals surface area (Å²) in [5, 5.41) is 118. The maximum atomic E-state index is 10.9. The van der Waals surface area contributed by atoms with Gasteiger partial charge in [0, 0.05) is 136 Å². The normalized spacial score (nSPS) is 13.9. The van der Waals surface area contributed by atoms with Crippen LogP contribution >= 0.6 is 15.9 Å². The lowest BCUT2D eigenvalue weighted by Gasteiger charge is -2.21. The highest BCUT2D eigenvalue weighted by molar-refractivity contribution is 9.10. The maximum Gasteiger partial charge on any atom is 0.325 e. The predicted octanol–water partition coefficient (Wildman–Crippen LogP) is 20.0. The number of hydrazone groups is 1. The van der Waals surface area contributed by atoms with E-state index in [2.05, 4.69) is 227 Å². The van der Waals surface area contributed by atoms with Crippen molar-refractivity contribution in [2.45, 2.75) is 119 Å². The zero-order valence-electron chi connectivity index (χ0n) is 82.2. The molecule has 0 spiro atoms. The number of aldehydes is 1. The van der Waals surface area contributed by atoms with Gasteiger partial charge in [0.05, 0.1) is 155 Å². The van der Waals surface area contributed by atoms with Crippen molar-refractivity contribution >= 4 is 112 Å². The number of ether oxygens (including phenoxy) is 2. The zero-order valence-corrected chi connectivity index (χ0v) is 83.8. The van der Waals surface area contributed by atoms with E-state index in [0.717, 1.165) is 263 Å². The summed E-state index contributed by atoms with van der Waals surface area (Å²) in [6, 6.07) is 30.2. The van der Waals surface area contributed by atoms with E-state index in [1.54, 1.807) is 67.2 Å². The third kappa shape index (κ3) is 22.6. The van der Waals surface area contributed by atoms with Crippen LogP contribution in [0.4, 0.5) is 10.4 Å². The smallest absolute Gasteiger partial charge is 0.325 e. The molecular formula is C108H106BrFN32O6. The monoisotopic (exact) mass is 2040 g/mol. The average molecular weight is 2050 g/mol. The van der Waals surface area contributed by atoms with Gasteiger partial charge in [0.15, 0.2) is 0 Å².